The number of esters is 1. The smallest absolute Gasteiger partial charge is 0.407 e. The third kappa shape index (κ3) is 4.49. The van der Waals surface area contributed by atoms with Gasteiger partial charge in [0.15, 0.2) is 0 Å². The molecule has 2 aromatic rings. The maximum absolute atomic E-state index is 12.4. The van der Waals surface area contributed by atoms with Gasteiger partial charge in [0, 0.05) is 31.1 Å². The van der Waals surface area contributed by atoms with Crippen LogP contribution >= 0.6 is 0 Å². The molecular weight excluding hydrogens is 418 g/mol. The molecule has 7 nitrogen and oxygen atoms in total. The van der Waals surface area contributed by atoms with Crippen molar-refractivity contribution < 1.29 is 19.4 Å². The van der Waals surface area contributed by atoms with E-state index < -0.39 is 6.09 Å². The Bertz CT molecular complexity index is 1040. The molecular formula is C26H33N3O4. The number of hydrogen-bond acceptors (Lipinski definition) is 5. The largest absolute Gasteiger partial charge is 0.465 e. The molecule has 33 heavy (non-hydrogen) atoms. The number of likely N-dealkylation sites (tertiary alicyclic amines) is 1. The van der Waals surface area contributed by atoms with Crippen molar-refractivity contribution in [1.29, 1.82) is 0 Å². The van der Waals surface area contributed by atoms with E-state index in [0.29, 0.717) is 42.9 Å². The zero-order valence-electron chi connectivity index (χ0n) is 19.6. The van der Waals surface area contributed by atoms with Gasteiger partial charge in [-0.3, -0.25) is 0 Å². The molecule has 176 valence electrons. The van der Waals surface area contributed by atoms with Crippen LogP contribution in [0.3, 0.4) is 0 Å². The summed E-state index contributed by atoms with van der Waals surface area (Å²) in [5.41, 5.74) is 10.6. The quantitative estimate of drug-likeness (QED) is 0.467. The first-order chi connectivity index (χ1) is 15.7. The van der Waals surface area contributed by atoms with Crippen LogP contribution in [0.2, 0.25) is 0 Å². The first-order valence-corrected chi connectivity index (χ1v) is 11.6. The Balaban J connectivity index is 1.56. The molecule has 0 atom stereocenters. The van der Waals surface area contributed by atoms with E-state index in [0.717, 1.165) is 36.2 Å². The highest BCUT2D eigenvalue weighted by Gasteiger charge is 2.55. The molecule has 1 amide bonds. The lowest BCUT2D eigenvalue weighted by Crippen LogP contribution is -2.67. The van der Waals surface area contributed by atoms with Gasteiger partial charge in [0.25, 0.3) is 0 Å². The van der Waals surface area contributed by atoms with Gasteiger partial charge in [0.1, 0.15) is 0 Å². The number of hydrogen-bond donors (Lipinski definition) is 2. The molecule has 1 aliphatic carbocycles. The van der Waals surface area contributed by atoms with Gasteiger partial charge in [-0.2, -0.15) is 0 Å². The zero-order chi connectivity index (χ0) is 23.8. The second-order valence-electron chi connectivity index (χ2n) is 9.79. The normalized spacial score (nSPS) is 16.9. The molecule has 1 aliphatic heterocycles. The number of anilines is 2. The minimum Gasteiger partial charge on any atom is -0.465 e. The summed E-state index contributed by atoms with van der Waals surface area (Å²) in [5.74, 6) is 0.120. The summed E-state index contributed by atoms with van der Waals surface area (Å²) in [4.78, 5) is 27.4. The second kappa shape index (κ2) is 8.96. The van der Waals surface area contributed by atoms with Crippen LogP contribution in [0.4, 0.5) is 16.2 Å². The van der Waals surface area contributed by atoms with E-state index in [4.69, 9.17) is 15.6 Å². The second-order valence-corrected chi connectivity index (χ2v) is 9.79. The maximum atomic E-state index is 12.4. The highest BCUT2D eigenvalue weighted by atomic mass is 16.5. The number of rotatable bonds is 7. The summed E-state index contributed by atoms with van der Waals surface area (Å²) in [6.45, 7) is 8.65. The molecule has 3 N–H and O–H groups in total. The van der Waals surface area contributed by atoms with E-state index in [1.807, 2.05) is 36.4 Å². The highest BCUT2D eigenvalue weighted by molar-refractivity contribution is 5.98. The number of nitrogen functional groups attached to an aromatic ring is 1. The molecule has 1 heterocycles. The average molecular weight is 452 g/mol. The van der Waals surface area contributed by atoms with Crippen molar-refractivity contribution in [3.8, 4) is 11.1 Å². The summed E-state index contributed by atoms with van der Waals surface area (Å²) in [7, 11) is 0. The predicted octanol–water partition coefficient (Wildman–Crippen LogP) is 4.72. The summed E-state index contributed by atoms with van der Waals surface area (Å²) >= 11 is 0. The van der Waals surface area contributed by atoms with Crippen LogP contribution in [0, 0.1) is 11.3 Å². The third-order valence-corrected chi connectivity index (χ3v) is 6.73. The Kier molecular flexibility index (Phi) is 6.23. The molecule has 1 spiro atoms. The molecule has 0 radical (unpaired) electrons. The molecule has 0 aromatic heterocycles. The van der Waals surface area contributed by atoms with Crippen LogP contribution in [-0.4, -0.2) is 54.4 Å². The minimum atomic E-state index is -0.828. The number of carbonyl (C=O) groups excluding carboxylic acids is 1. The fraction of sp³-hybridized carbons (Fsp3) is 0.462. The van der Waals surface area contributed by atoms with Gasteiger partial charge in [0.05, 0.1) is 23.5 Å². The molecule has 7 heteroatoms. The first-order valence-electron chi connectivity index (χ1n) is 11.6. The van der Waals surface area contributed by atoms with Crippen molar-refractivity contribution >= 4 is 23.4 Å². The van der Waals surface area contributed by atoms with Crippen LogP contribution < -0.4 is 10.6 Å². The topological polar surface area (TPSA) is 96.1 Å². The molecule has 1 saturated heterocycles. The monoisotopic (exact) mass is 451 g/mol. The maximum Gasteiger partial charge on any atom is 0.407 e. The van der Waals surface area contributed by atoms with Crippen LogP contribution in [0.5, 0.6) is 0 Å². The number of nitrogens with two attached hydrogens (primary N) is 1. The van der Waals surface area contributed by atoms with Crippen LogP contribution in [0.1, 0.15) is 44.0 Å². The Morgan fingerprint density at radius 3 is 2.52 bits per heavy atom. The molecule has 4 rings (SSSR count). The van der Waals surface area contributed by atoms with Gasteiger partial charge in [-0.15, -0.1) is 0 Å². The van der Waals surface area contributed by atoms with Crippen molar-refractivity contribution in [2.45, 2.75) is 39.7 Å². The molecule has 1 saturated carbocycles. The number of amides is 1. The van der Waals surface area contributed by atoms with Gasteiger partial charge < -0.3 is 25.4 Å². The lowest BCUT2D eigenvalue weighted by molar-refractivity contribution is -0.0581. The lowest BCUT2D eigenvalue weighted by atomic mass is 9.60. The molecule has 0 unspecified atom stereocenters. The summed E-state index contributed by atoms with van der Waals surface area (Å²) < 4.78 is 5.22. The molecule has 2 aromatic carbocycles. The lowest BCUT2D eigenvalue weighted by Gasteiger charge is -2.60. The summed E-state index contributed by atoms with van der Waals surface area (Å²) in [5, 5.41) is 9.17. The third-order valence-electron chi connectivity index (χ3n) is 6.73. The van der Waals surface area contributed by atoms with Gasteiger partial charge in [-0.1, -0.05) is 38.1 Å². The van der Waals surface area contributed by atoms with Crippen molar-refractivity contribution in [2.75, 3.05) is 36.9 Å². The summed E-state index contributed by atoms with van der Waals surface area (Å²) in [6.07, 6.45) is 1.14. The average Bonchev–Trinajstić information content (AvgIpc) is 2.70. The van der Waals surface area contributed by atoms with Gasteiger partial charge in [0.2, 0.25) is 0 Å². The molecule has 0 bridgehead atoms. The van der Waals surface area contributed by atoms with Crippen LogP contribution in [0.15, 0.2) is 42.5 Å². The van der Waals surface area contributed by atoms with Crippen LogP contribution in [0.25, 0.3) is 11.1 Å². The van der Waals surface area contributed by atoms with E-state index in [1.54, 1.807) is 13.0 Å². The zero-order valence-corrected chi connectivity index (χ0v) is 19.6. The van der Waals surface area contributed by atoms with E-state index in [9.17, 15) is 9.59 Å². The van der Waals surface area contributed by atoms with Crippen molar-refractivity contribution in [3.63, 3.8) is 0 Å². The SMILES string of the molecule is CCOC(=O)c1ccccc1-c1ccc(N(CC(C)C)C2CC3(C2)CN(C(=O)O)C3)c(N)c1. The Morgan fingerprint density at radius 2 is 1.91 bits per heavy atom. The van der Waals surface area contributed by atoms with E-state index in [1.165, 1.54) is 4.90 Å². The standard InChI is InChI=1S/C26H33N3O4/c1-4-33-24(30)21-8-6-5-7-20(21)18-9-10-23(22(27)11-18)29(14-17(2)3)19-12-26(13-19)15-28(16-26)25(31)32/h5-11,17,19H,4,12-16,27H2,1-3H3,(H,31,32). The Morgan fingerprint density at radius 1 is 1.21 bits per heavy atom. The fourth-order valence-electron chi connectivity index (χ4n) is 5.26. The number of carbonyl (C=O) groups is 2. The van der Waals surface area contributed by atoms with E-state index in [2.05, 4.69) is 18.7 Å². The number of carboxylic acid groups (broad SMARTS) is 1. The highest BCUT2D eigenvalue weighted by Crippen LogP contribution is 2.51. The first kappa shape index (κ1) is 23.0. The van der Waals surface area contributed by atoms with Crippen LogP contribution in [-0.2, 0) is 4.74 Å². The minimum absolute atomic E-state index is 0.131. The number of benzene rings is 2. The van der Waals surface area contributed by atoms with Gasteiger partial charge in [-0.25, -0.2) is 9.59 Å². The Hall–Kier alpha value is -3.22. The Labute approximate surface area is 195 Å². The summed E-state index contributed by atoms with van der Waals surface area (Å²) in [6, 6.07) is 13.8. The number of nitrogens with zero attached hydrogens (tertiary/aromatic N) is 2. The van der Waals surface area contributed by atoms with Gasteiger partial charge in [-0.05, 0) is 55.0 Å². The molecule has 2 aliphatic rings. The molecule has 2 fully saturated rings. The van der Waals surface area contributed by atoms with Gasteiger partial charge >= 0.3 is 12.1 Å². The predicted molar refractivity (Wildman–Crippen MR) is 129 cm³/mol. The van der Waals surface area contributed by atoms with E-state index >= 15 is 0 Å². The van der Waals surface area contributed by atoms with Crippen molar-refractivity contribution in [3.05, 3.63) is 48.0 Å². The van der Waals surface area contributed by atoms with Crippen molar-refractivity contribution in [2.24, 2.45) is 11.3 Å². The van der Waals surface area contributed by atoms with Crippen molar-refractivity contribution in [1.82, 2.24) is 4.90 Å². The number of ether oxygens (including phenoxy) is 1. The fourth-order valence-corrected chi connectivity index (χ4v) is 5.26. The van der Waals surface area contributed by atoms with E-state index in [-0.39, 0.29) is 11.4 Å².